The Bertz CT molecular complexity index is 1020. The van der Waals surface area contributed by atoms with Crippen molar-refractivity contribution in [3.05, 3.63) is 69.6 Å². The molecule has 3 rings (SSSR count). The second-order valence-corrected chi connectivity index (χ2v) is 6.30. The number of amides is 1. The minimum Gasteiger partial charge on any atom is -0.484 e. The zero-order valence-electron chi connectivity index (χ0n) is 15.2. The van der Waals surface area contributed by atoms with Crippen molar-refractivity contribution in [1.29, 1.82) is 0 Å². The molecule has 0 atom stereocenters. The summed E-state index contributed by atoms with van der Waals surface area (Å²) in [7, 11) is 0. The molecule has 0 unspecified atom stereocenters. The molecule has 1 aromatic heterocycles. The van der Waals surface area contributed by atoms with Crippen LogP contribution < -0.4 is 15.7 Å². The highest BCUT2D eigenvalue weighted by Gasteiger charge is 2.09. The number of aliphatic hydroxyl groups is 1. The zero-order valence-corrected chi connectivity index (χ0v) is 15.2. The van der Waals surface area contributed by atoms with E-state index in [1.165, 1.54) is 0 Å². The summed E-state index contributed by atoms with van der Waals surface area (Å²) < 4.78 is 10.8. The maximum absolute atomic E-state index is 12.1. The fourth-order valence-corrected chi connectivity index (χ4v) is 2.75. The van der Waals surface area contributed by atoms with Crippen LogP contribution in [0.5, 0.6) is 5.75 Å². The van der Waals surface area contributed by atoms with Gasteiger partial charge in [-0.1, -0.05) is 12.1 Å². The smallest absolute Gasteiger partial charge is 0.339 e. The minimum absolute atomic E-state index is 0.0878. The lowest BCUT2D eigenvalue weighted by Crippen LogP contribution is -2.20. The number of fused-ring (bicyclic) bond motifs is 1. The average molecular weight is 367 g/mol. The van der Waals surface area contributed by atoms with Gasteiger partial charge in [-0.05, 0) is 55.7 Å². The number of hydrogen-bond acceptors (Lipinski definition) is 5. The lowest BCUT2D eigenvalue weighted by atomic mass is 10.1. The van der Waals surface area contributed by atoms with E-state index in [0.29, 0.717) is 29.0 Å². The number of hydrogen-bond donors (Lipinski definition) is 2. The molecule has 0 saturated carbocycles. The van der Waals surface area contributed by atoms with Gasteiger partial charge in [0.2, 0.25) is 0 Å². The van der Waals surface area contributed by atoms with E-state index in [9.17, 15) is 9.59 Å². The predicted octanol–water partition coefficient (Wildman–Crippen LogP) is 2.96. The highest BCUT2D eigenvalue weighted by atomic mass is 16.5. The van der Waals surface area contributed by atoms with Crippen LogP contribution in [0.25, 0.3) is 11.0 Å². The lowest BCUT2D eigenvalue weighted by Gasteiger charge is -2.09. The summed E-state index contributed by atoms with van der Waals surface area (Å²) in [5, 5.41) is 12.5. The lowest BCUT2D eigenvalue weighted by molar-refractivity contribution is -0.118. The molecule has 0 aliphatic heterocycles. The Labute approximate surface area is 156 Å². The topological polar surface area (TPSA) is 88.8 Å². The van der Waals surface area contributed by atoms with E-state index in [1.54, 1.807) is 31.2 Å². The van der Waals surface area contributed by atoms with Crippen molar-refractivity contribution in [2.45, 2.75) is 20.3 Å². The molecule has 1 heterocycles. The van der Waals surface area contributed by atoms with Crippen molar-refractivity contribution in [2.24, 2.45) is 0 Å². The van der Waals surface area contributed by atoms with E-state index in [-0.39, 0.29) is 24.7 Å². The Kier molecular flexibility index (Phi) is 5.57. The van der Waals surface area contributed by atoms with E-state index < -0.39 is 0 Å². The van der Waals surface area contributed by atoms with Crippen molar-refractivity contribution in [2.75, 3.05) is 18.5 Å². The molecule has 0 radical (unpaired) electrons. The first kappa shape index (κ1) is 18.7. The highest BCUT2D eigenvalue weighted by molar-refractivity contribution is 5.92. The number of nitrogens with one attached hydrogen (secondary N) is 1. The number of carbonyl (C=O) groups is 1. The summed E-state index contributed by atoms with van der Waals surface area (Å²) in [6.07, 6.45) is 0.578. The van der Waals surface area contributed by atoms with Gasteiger partial charge in [0, 0.05) is 29.3 Å². The Hall–Kier alpha value is -3.12. The van der Waals surface area contributed by atoms with Crippen molar-refractivity contribution in [3.63, 3.8) is 0 Å². The maximum atomic E-state index is 12.1. The van der Waals surface area contributed by atoms with Crippen LogP contribution >= 0.6 is 0 Å². The first-order valence-corrected chi connectivity index (χ1v) is 8.64. The molecule has 0 aliphatic rings. The number of benzene rings is 2. The summed E-state index contributed by atoms with van der Waals surface area (Å²) in [5.74, 6) is 0.147. The molecule has 0 fully saturated rings. The van der Waals surface area contributed by atoms with Gasteiger partial charge in [0.25, 0.3) is 5.91 Å². The van der Waals surface area contributed by atoms with Gasteiger partial charge in [-0.2, -0.15) is 0 Å². The monoisotopic (exact) mass is 367 g/mol. The fraction of sp³-hybridized carbons (Fsp3) is 0.238. The standard InChI is InChI=1S/C21H21NO5/c1-13-14(2)21(25)27-19-11-17(7-8-18(13)19)26-12-20(24)22-16-5-3-15(4-6-16)9-10-23/h3-8,11,23H,9-10,12H2,1-2H3,(H,22,24). The second-order valence-electron chi connectivity index (χ2n) is 6.30. The quantitative estimate of drug-likeness (QED) is 0.654. The third kappa shape index (κ3) is 4.35. The SMILES string of the molecule is Cc1c(C)c2ccc(OCC(=O)Nc3ccc(CCO)cc3)cc2oc1=O. The Balaban J connectivity index is 1.64. The molecule has 140 valence electrons. The molecule has 6 heteroatoms. The number of aryl methyl sites for hydroxylation is 1. The van der Waals surface area contributed by atoms with Crippen LogP contribution in [0.2, 0.25) is 0 Å². The molecule has 1 amide bonds. The Morgan fingerprint density at radius 1 is 1.11 bits per heavy atom. The molecule has 0 bridgehead atoms. The third-order valence-electron chi connectivity index (χ3n) is 4.44. The molecule has 3 aromatic rings. The van der Waals surface area contributed by atoms with Crippen LogP contribution in [0.3, 0.4) is 0 Å². The van der Waals surface area contributed by atoms with Crippen LogP contribution in [0.1, 0.15) is 16.7 Å². The van der Waals surface area contributed by atoms with Crippen LogP contribution in [-0.4, -0.2) is 24.2 Å². The van der Waals surface area contributed by atoms with Crippen molar-refractivity contribution >= 4 is 22.6 Å². The summed E-state index contributed by atoms with van der Waals surface area (Å²) >= 11 is 0. The summed E-state index contributed by atoms with van der Waals surface area (Å²) in [6, 6.07) is 12.4. The summed E-state index contributed by atoms with van der Waals surface area (Å²) in [4.78, 5) is 23.9. The van der Waals surface area contributed by atoms with Crippen LogP contribution in [-0.2, 0) is 11.2 Å². The van der Waals surface area contributed by atoms with Gasteiger partial charge in [0.1, 0.15) is 11.3 Å². The highest BCUT2D eigenvalue weighted by Crippen LogP contribution is 2.23. The van der Waals surface area contributed by atoms with E-state index in [2.05, 4.69) is 5.32 Å². The average Bonchev–Trinajstić information content (AvgIpc) is 2.66. The normalized spacial score (nSPS) is 10.8. The number of aliphatic hydroxyl groups excluding tert-OH is 1. The minimum atomic E-state index is -0.375. The predicted molar refractivity (Wildman–Crippen MR) is 103 cm³/mol. The number of rotatable bonds is 6. The summed E-state index contributed by atoms with van der Waals surface area (Å²) in [5.41, 5.74) is 3.16. The number of ether oxygens (including phenoxy) is 1. The Morgan fingerprint density at radius 3 is 2.56 bits per heavy atom. The first-order chi connectivity index (χ1) is 13.0. The molecule has 0 aliphatic carbocycles. The van der Waals surface area contributed by atoms with E-state index in [0.717, 1.165) is 16.5 Å². The van der Waals surface area contributed by atoms with Crippen LogP contribution in [0.4, 0.5) is 5.69 Å². The second kappa shape index (κ2) is 8.05. The molecule has 0 saturated heterocycles. The molecule has 2 aromatic carbocycles. The fourth-order valence-electron chi connectivity index (χ4n) is 2.75. The maximum Gasteiger partial charge on any atom is 0.339 e. The Morgan fingerprint density at radius 2 is 1.85 bits per heavy atom. The van der Waals surface area contributed by atoms with Crippen molar-refractivity contribution in [1.82, 2.24) is 0 Å². The van der Waals surface area contributed by atoms with E-state index >= 15 is 0 Å². The van der Waals surface area contributed by atoms with Gasteiger partial charge in [-0.25, -0.2) is 4.79 Å². The van der Waals surface area contributed by atoms with Gasteiger partial charge >= 0.3 is 5.63 Å². The molecule has 2 N–H and O–H groups in total. The third-order valence-corrected chi connectivity index (χ3v) is 4.44. The first-order valence-electron chi connectivity index (χ1n) is 8.64. The largest absolute Gasteiger partial charge is 0.484 e. The van der Waals surface area contributed by atoms with Crippen molar-refractivity contribution < 1.29 is 19.1 Å². The van der Waals surface area contributed by atoms with Crippen molar-refractivity contribution in [3.8, 4) is 5.75 Å². The number of carbonyl (C=O) groups excluding carboxylic acids is 1. The molecule has 0 spiro atoms. The van der Waals surface area contributed by atoms with E-state index in [4.69, 9.17) is 14.3 Å². The van der Waals surface area contributed by atoms with E-state index in [1.807, 2.05) is 25.1 Å². The molecule has 6 nitrogen and oxygen atoms in total. The molecular formula is C21H21NO5. The number of anilines is 1. The van der Waals surface area contributed by atoms with Gasteiger partial charge < -0.3 is 19.6 Å². The van der Waals surface area contributed by atoms with Gasteiger partial charge in [-0.3, -0.25) is 4.79 Å². The summed E-state index contributed by atoms with van der Waals surface area (Å²) in [6.45, 7) is 3.52. The van der Waals surface area contributed by atoms with Crippen LogP contribution in [0.15, 0.2) is 51.7 Å². The molecular weight excluding hydrogens is 346 g/mol. The van der Waals surface area contributed by atoms with Gasteiger partial charge in [-0.15, -0.1) is 0 Å². The molecule has 27 heavy (non-hydrogen) atoms. The zero-order chi connectivity index (χ0) is 19.4. The van der Waals surface area contributed by atoms with Gasteiger partial charge in [0.15, 0.2) is 6.61 Å². The van der Waals surface area contributed by atoms with Crippen LogP contribution in [0, 0.1) is 13.8 Å². The van der Waals surface area contributed by atoms with Gasteiger partial charge in [0.05, 0.1) is 0 Å².